The van der Waals surface area contributed by atoms with Gasteiger partial charge in [-0.2, -0.15) is 11.8 Å². The number of fused-ring (bicyclic) bond motifs is 1. The number of thioether (sulfide) groups is 1. The second kappa shape index (κ2) is 3.38. The molecule has 11 heavy (non-hydrogen) atoms. The topological polar surface area (TPSA) is 0 Å². The van der Waals surface area contributed by atoms with Gasteiger partial charge in [0.15, 0.2) is 0 Å². The third kappa shape index (κ3) is 1.44. The molecule has 0 aromatic heterocycles. The maximum Gasteiger partial charge on any atom is 0.00782 e. The van der Waals surface area contributed by atoms with Crippen molar-refractivity contribution in [2.45, 2.75) is 44.3 Å². The summed E-state index contributed by atoms with van der Waals surface area (Å²) in [4.78, 5) is 0. The first-order valence-electron chi connectivity index (χ1n) is 5.03. The molecule has 64 valence electrons. The first-order valence-corrected chi connectivity index (χ1v) is 6.08. The van der Waals surface area contributed by atoms with Gasteiger partial charge in [-0.05, 0) is 30.4 Å². The Kier molecular flexibility index (Phi) is 2.45. The minimum Gasteiger partial charge on any atom is -0.158 e. The highest BCUT2D eigenvalue weighted by molar-refractivity contribution is 8.00. The van der Waals surface area contributed by atoms with Crippen LogP contribution in [-0.4, -0.2) is 11.0 Å². The van der Waals surface area contributed by atoms with Crippen LogP contribution in [0.4, 0.5) is 0 Å². The van der Waals surface area contributed by atoms with Gasteiger partial charge in [-0.1, -0.05) is 26.2 Å². The van der Waals surface area contributed by atoms with E-state index in [-0.39, 0.29) is 0 Å². The van der Waals surface area contributed by atoms with Crippen LogP contribution in [0.3, 0.4) is 0 Å². The Balaban J connectivity index is 2.00. The molecule has 1 heterocycles. The van der Waals surface area contributed by atoms with E-state index >= 15 is 0 Å². The zero-order chi connectivity index (χ0) is 7.68. The van der Waals surface area contributed by atoms with Crippen LogP contribution in [0, 0.1) is 11.8 Å². The van der Waals surface area contributed by atoms with Crippen LogP contribution in [0.5, 0.6) is 0 Å². The van der Waals surface area contributed by atoms with Crippen LogP contribution >= 0.6 is 11.8 Å². The third-order valence-corrected chi connectivity index (χ3v) is 4.94. The minimum absolute atomic E-state index is 1.06. The number of hydrogen-bond donors (Lipinski definition) is 0. The Labute approximate surface area is 74.1 Å². The van der Waals surface area contributed by atoms with Crippen LogP contribution in [0.1, 0.15) is 39.0 Å². The third-order valence-electron chi connectivity index (χ3n) is 3.45. The van der Waals surface area contributed by atoms with Crippen molar-refractivity contribution in [3.05, 3.63) is 0 Å². The number of hydrogen-bond acceptors (Lipinski definition) is 1. The maximum absolute atomic E-state index is 2.37. The first kappa shape index (κ1) is 7.97. The van der Waals surface area contributed by atoms with E-state index in [0.717, 1.165) is 17.1 Å². The van der Waals surface area contributed by atoms with Crippen LogP contribution in [0.2, 0.25) is 0 Å². The molecule has 0 amide bonds. The molecule has 2 rings (SSSR count). The summed E-state index contributed by atoms with van der Waals surface area (Å²) < 4.78 is 0. The molecule has 2 aliphatic rings. The summed E-state index contributed by atoms with van der Waals surface area (Å²) in [7, 11) is 0. The Morgan fingerprint density at radius 3 is 3.00 bits per heavy atom. The van der Waals surface area contributed by atoms with Crippen molar-refractivity contribution in [1.82, 2.24) is 0 Å². The monoisotopic (exact) mass is 170 g/mol. The van der Waals surface area contributed by atoms with Gasteiger partial charge in [-0.3, -0.25) is 0 Å². The maximum atomic E-state index is 2.37. The van der Waals surface area contributed by atoms with Gasteiger partial charge in [0.05, 0.1) is 0 Å². The van der Waals surface area contributed by atoms with Crippen molar-refractivity contribution in [2.75, 3.05) is 5.75 Å². The number of rotatable bonds is 1. The van der Waals surface area contributed by atoms with Crippen molar-refractivity contribution in [2.24, 2.45) is 11.8 Å². The quantitative estimate of drug-likeness (QED) is 0.582. The molecule has 0 aromatic rings. The summed E-state index contributed by atoms with van der Waals surface area (Å²) in [6, 6.07) is 0. The van der Waals surface area contributed by atoms with E-state index in [4.69, 9.17) is 0 Å². The fraction of sp³-hybridized carbons (Fsp3) is 1.00. The highest BCUT2D eigenvalue weighted by atomic mass is 32.2. The highest BCUT2D eigenvalue weighted by Crippen LogP contribution is 2.45. The highest BCUT2D eigenvalue weighted by Gasteiger charge is 2.35. The van der Waals surface area contributed by atoms with E-state index in [0.29, 0.717) is 0 Å². The molecule has 0 bridgehead atoms. The smallest absolute Gasteiger partial charge is 0.00782 e. The van der Waals surface area contributed by atoms with Gasteiger partial charge in [0.2, 0.25) is 0 Å². The predicted molar refractivity (Wildman–Crippen MR) is 52.0 cm³/mol. The summed E-state index contributed by atoms with van der Waals surface area (Å²) in [5.41, 5.74) is 0. The molecule has 1 saturated heterocycles. The lowest BCUT2D eigenvalue weighted by molar-refractivity contribution is 0.244. The standard InChI is InChI=1S/C10H18S/c1-2-8-4-3-5-10-9(8)6-7-11-10/h8-10H,2-7H2,1H3. The molecular weight excluding hydrogens is 152 g/mol. The molecule has 1 saturated carbocycles. The second-order valence-corrected chi connectivity index (χ2v) is 5.31. The fourth-order valence-electron chi connectivity index (χ4n) is 2.80. The van der Waals surface area contributed by atoms with Crippen molar-refractivity contribution in [3.63, 3.8) is 0 Å². The first-order chi connectivity index (χ1) is 5.42. The van der Waals surface area contributed by atoms with Crippen LogP contribution in [0.25, 0.3) is 0 Å². The van der Waals surface area contributed by atoms with Gasteiger partial charge in [-0.15, -0.1) is 0 Å². The Morgan fingerprint density at radius 1 is 1.27 bits per heavy atom. The molecule has 1 aliphatic heterocycles. The zero-order valence-corrected chi connectivity index (χ0v) is 8.20. The van der Waals surface area contributed by atoms with Gasteiger partial charge in [0.1, 0.15) is 0 Å². The summed E-state index contributed by atoms with van der Waals surface area (Å²) in [6.07, 6.45) is 7.51. The van der Waals surface area contributed by atoms with Gasteiger partial charge >= 0.3 is 0 Å². The largest absolute Gasteiger partial charge is 0.158 e. The Hall–Kier alpha value is 0.350. The van der Waals surface area contributed by atoms with Gasteiger partial charge in [0, 0.05) is 5.25 Å². The van der Waals surface area contributed by atoms with E-state index in [9.17, 15) is 0 Å². The minimum atomic E-state index is 1.06. The van der Waals surface area contributed by atoms with Crippen molar-refractivity contribution >= 4 is 11.8 Å². The van der Waals surface area contributed by atoms with E-state index in [1.54, 1.807) is 0 Å². The van der Waals surface area contributed by atoms with E-state index in [1.165, 1.54) is 37.9 Å². The average Bonchev–Trinajstić information content (AvgIpc) is 2.50. The van der Waals surface area contributed by atoms with E-state index in [2.05, 4.69) is 18.7 Å². The molecule has 0 N–H and O–H groups in total. The molecule has 0 radical (unpaired) electrons. The summed E-state index contributed by atoms with van der Waals surface area (Å²) in [5, 5.41) is 1.06. The molecular formula is C10H18S. The van der Waals surface area contributed by atoms with E-state index < -0.39 is 0 Å². The lowest BCUT2D eigenvalue weighted by Gasteiger charge is -2.32. The molecule has 0 nitrogen and oxygen atoms in total. The van der Waals surface area contributed by atoms with Crippen LogP contribution < -0.4 is 0 Å². The predicted octanol–water partition coefficient (Wildman–Crippen LogP) is 3.32. The Morgan fingerprint density at radius 2 is 2.18 bits per heavy atom. The summed E-state index contributed by atoms with van der Waals surface area (Å²) in [5.74, 6) is 3.65. The normalized spacial score (nSPS) is 43.9. The molecule has 3 unspecified atom stereocenters. The average molecular weight is 170 g/mol. The van der Waals surface area contributed by atoms with Crippen LogP contribution in [0.15, 0.2) is 0 Å². The van der Waals surface area contributed by atoms with Gasteiger partial charge < -0.3 is 0 Å². The van der Waals surface area contributed by atoms with Gasteiger partial charge in [-0.25, -0.2) is 0 Å². The van der Waals surface area contributed by atoms with Gasteiger partial charge in [0.25, 0.3) is 0 Å². The molecule has 1 heteroatoms. The molecule has 0 aromatic carbocycles. The zero-order valence-electron chi connectivity index (χ0n) is 7.38. The molecule has 0 spiro atoms. The second-order valence-electron chi connectivity index (χ2n) is 3.96. The Bertz CT molecular complexity index is 133. The lowest BCUT2D eigenvalue weighted by atomic mass is 9.76. The molecule has 2 fully saturated rings. The molecule has 3 atom stereocenters. The molecule has 1 aliphatic carbocycles. The van der Waals surface area contributed by atoms with Crippen molar-refractivity contribution < 1.29 is 0 Å². The SMILES string of the molecule is CCC1CCCC2SCCC12. The summed E-state index contributed by atoms with van der Waals surface area (Å²) in [6.45, 7) is 2.37. The van der Waals surface area contributed by atoms with E-state index in [1.807, 2.05) is 0 Å². The lowest BCUT2D eigenvalue weighted by Crippen LogP contribution is -2.26. The summed E-state index contributed by atoms with van der Waals surface area (Å²) >= 11 is 2.25. The van der Waals surface area contributed by atoms with Crippen molar-refractivity contribution in [3.8, 4) is 0 Å². The van der Waals surface area contributed by atoms with Crippen molar-refractivity contribution in [1.29, 1.82) is 0 Å². The fourth-order valence-corrected chi connectivity index (χ4v) is 4.45. The van der Waals surface area contributed by atoms with Crippen LogP contribution in [-0.2, 0) is 0 Å².